The number of carbonyl (C=O) groups is 1. The number of hydrogen-bond donors (Lipinski definition) is 0. The summed E-state index contributed by atoms with van der Waals surface area (Å²) in [6.07, 6.45) is 1.77. The fourth-order valence-electron chi connectivity index (χ4n) is 3.09. The lowest BCUT2D eigenvalue weighted by Gasteiger charge is -2.27. The first-order valence-corrected chi connectivity index (χ1v) is 9.18. The van der Waals surface area contributed by atoms with Crippen LogP contribution in [0, 0.1) is 5.41 Å². The first-order valence-electron chi connectivity index (χ1n) is 9.18. The number of esters is 1. The van der Waals surface area contributed by atoms with E-state index in [4.69, 9.17) is 9.47 Å². The summed E-state index contributed by atoms with van der Waals surface area (Å²) in [4.78, 5) is 12.4. The van der Waals surface area contributed by atoms with E-state index >= 15 is 0 Å². The van der Waals surface area contributed by atoms with Crippen LogP contribution in [0.2, 0.25) is 0 Å². The summed E-state index contributed by atoms with van der Waals surface area (Å²) in [7, 11) is 1.67. The molecule has 0 spiro atoms. The van der Waals surface area contributed by atoms with Gasteiger partial charge in [0, 0.05) is 5.41 Å². The predicted molar refractivity (Wildman–Crippen MR) is 106 cm³/mol. The molecule has 0 aliphatic rings. The Balaban J connectivity index is 2.16. The van der Waals surface area contributed by atoms with E-state index in [1.54, 1.807) is 7.11 Å². The smallest absolute Gasteiger partial charge is 0.316 e. The molecule has 2 rings (SSSR count). The largest absolute Gasteiger partial charge is 0.497 e. The highest BCUT2D eigenvalue weighted by atomic mass is 16.5. The average Bonchev–Trinajstić information content (AvgIpc) is 2.62. The summed E-state index contributed by atoms with van der Waals surface area (Å²) >= 11 is 0. The highest BCUT2D eigenvalue weighted by Crippen LogP contribution is 2.33. The zero-order chi connectivity index (χ0) is 19.4. The van der Waals surface area contributed by atoms with Gasteiger partial charge in [0.1, 0.15) is 11.5 Å². The van der Waals surface area contributed by atoms with Crippen molar-refractivity contribution in [2.75, 3.05) is 7.11 Å². The van der Waals surface area contributed by atoms with Gasteiger partial charge in [0.05, 0.1) is 12.5 Å². The van der Waals surface area contributed by atoms with Gasteiger partial charge >= 0.3 is 5.97 Å². The fourth-order valence-corrected chi connectivity index (χ4v) is 3.09. The molecule has 0 radical (unpaired) electrons. The third-order valence-corrected chi connectivity index (χ3v) is 5.03. The lowest BCUT2D eigenvalue weighted by molar-refractivity contribution is -0.144. The van der Waals surface area contributed by atoms with E-state index in [-0.39, 0.29) is 11.4 Å². The van der Waals surface area contributed by atoms with E-state index in [9.17, 15) is 4.79 Å². The normalized spacial score (nSPS) is 11.9. The standard InChI is InChI=1S/C23H30O3/c1-7-16-22(2,3)21(24)26-20-14-10-18(11-15-20)23(4,5)17-8-12-19(25-6)13-9-17/h8-15H,7,16H2,1-6H3. The molecule has 0 saturated heterocycles. The SMILES string of the molecule is CCCC(C)(C)C(=O)Oc1ccc(C(C)(C)c2ccc(OC)cc2)cc1. The minimum absolute atomic E-state index is 0.156. The summed E-state index contributed by atoms with van der Waals surface area (Å²) in [6.45, 7) is 10.3. The van der Waals surface area contributed by atoms with E-state index in [1.165, 1.54) is 5.56 Å². The van der Waals surface area contributed by atoms with Gasteiger partial charge in [-0.2, -0.15) is 0 Å². The van der Waals surface area contributed by atoms with Crippen LogP contribution in [0.5, 0.6) is 11.5 Å². The second-order valence-electron chi connectivity index (χ2n) is 7.90. The number of benzene rings is 2. The molecule has 2 aromatic rings. The highest BCUT2D eigenvalue weighted by Gasteiger charge is 2.29. The topological polar surface area (TPSA) is 35.5 Å². The Morgan fingerprint density at radius 1 is 0.846 bits per heavy atom. The van der Waals surface area contributed by atoms with Gasteiger partial charge in [-0.25, -0.2) is 0 Å². The Labute approximate surface area is 157 Å². The second-order valence-corrected chi connectivity index (χ2v) is 7.90. The maximum Gasteiger partial charge on any atom is 0.316 e. The zero-order valence-corrected chi connectivity index (χ0v) is 16.8. The van der Waals surface area contributed by atoms with E-state index in [0.717, 1.165) is 24.2 Å². The van der Waals surface area contributed by atoms with Gasteiger partial charge in [-0.15, -0.1) is 0 Å². The van der Waals surface area contributed by atoms with Crippen LogP contribution in [0.25, 0.3) is 0 Å². The van der Waals surface area contributed by atoms with Crippen LogP contribution in [-0.4, -0.2) is 13.1 Å². The number of methoxy groups -OCH3 is 1. The molecule has 0 unspecified atom stereocenters. The molecule has 0 amide bonds. The van der Waals surface area contributed by atoms with Crippen molar-refractivity contribution >= 4 is 5.97 Å². The van der Waals surface area contributed by atoms with Crippen LogP contribution in [0.4, 0.5) is 0 Å². The molecule has 0 aromatic heterocycles. The molecule has 0 heterocycles. The molecule has 140 valence electrons. The van der Waals surface area contributed by atoms with Gasteiger partial charge in [-0.05, 0) is 55.7 Å². The Kier molecular flexibility index (Phi) is 6.12. The first-order chi connectivity index (χ1) is 12.2. The molecule has 0 N–H and O–H groups in total. The van der Waals surface area contributed by atoms with E-state index in [2.05, 4.69) is 32.9 Å². The van der Waals surface area contributed by atoms with Gasteiger partial charge in [-0.3, -0.25) is 4.79 Å². The van der Waals surface area contributed by atoms with Crippen molar-refractivity contribution in [2.45, 2.75) is 52.9 Å². The second kappa shape index (κ2) is 7.94. The quantitative estimate of drug-likeness (QED) is 0.469. The molecule has 3 heteroatoms. The van der Waals surface area contributed by atoms with Crippen molar-refractivity contribution < 1.29 is 14.3 Å². The van der Waals surface area contributed by atoms with Gasteiger partial charge in [0.15, 0.2) is 0 Å². The minimum atomic E-state index is -0.463. The Morgan fingerprint density at radius 3 is 1.73 bits per heavy atom. The summed E-state index contributed by atoms with van der Waals surface area (Å²) in [5, 5.41) is 0. The molecule has 3 nitrogen and oxygen atoms in total. The third-order valence-electron chi connectivity index (χ3n) is 5.03. The summed E-state index contributed by atoms with van der Waals surface area (Å²) < 4.78 is 10.8. The maximum atomic E-state index is 12.4. The number of ether oxygens (including phenoxy) is 2. The predicted octanol–water partition coefficient (Wildman–Crippen LogP) is 5.75. The molecule has 0 aliphatic heterocycles. The van der Waals surface area contributed by atoms with Crippen molar-refractivity contribution in [3.05, 3.63) is 59.7 Å². The van der Waals surface area contributed by atoms with Gasteiger partial charge in [0.2, 0.25) is 0 Å². The van der Waals surface area contributed by atoms with Crippen LogP contribution in [0.1, 0.15) is 58.6 Å². The van der Waals surface area contributed by atoms with Crippen LogP contribution in [0.15, 0.2) is 48.5 Å². The molecule has 0 aliphatic carbocycles. The number of carbonyl (C=O) groups excluding carboxylic acids is 1. The van der Waals surface area contributed by atoms with Gasteiger partial charge < -0.3 is 9.47 Å². The molecular weight excluding hydrogens is 324 g/mol. The highest BCUT2D eigenvalue weighted by molar-refractivity contribution is 5.78. The lowest BCUT2D eigenvalue weighted by atomic mass is 9.78. The van der Waals surface area contributed by atoms with Gasteiger partial charge in [-0.1, -0.05) is 51.5 Å². The third kappa shape index (κ3) is 4.46. The molecule has 26 heavy (non-hydrogen) atoms. The number of hydrogen-bond acceptors (Lipinski definition) is 3. The van der Waals surface area contributed by atoms with Crippen molar-refractivity contribution in [2.24, 2.45) is 5.41 Å². The fraction of sp³-hybridized carbons (Fsp3) is 0.435. The average molecular weight is 354 g/mol. The Hall–Kier alpha value is -2.29. The Bertz CT molecular complexity index is 725. The van der Waals surface area contributed by atoms with Crippen molar-refractivity contribution in [1.29, 1.82) is 0 Å². The minimum Gasteiger partial charge on any atom is -0.497 e. The first kappa shape index (κ1) is 20.0. The molecule has 0 saturated carbocycles. The molecule has 0 atom stereocenters. The van der Waals surface area contributed by atoms with Crippen LogP contribution >= 0.6 is 0 Å². The van der Waals surface area contributed by atoms with Crippen molar-refractivity contribution in [3.63, 3.8) is 0 Å². The molecule has 0 bridgehead atoms. The van der Waals surface area contributed by atoms with Crippen molar-refractivity contribution in [1.82, 2.24) is 0 Å². The van der Waals surface area contributed by atoms with E-state index in [0.29, 0.717) is 5.75 Å². The summed E-state index contributed by atoms with van der Waals surface area (Å²) in [5.74, 6) is 1.26. The lowest BCUT2D eigenvalue weighted by Crippen LogP contribution is -2.28. The maximum absolute atomic E-state index is 12.4. The molecule has 2 aromatic carbocycles. The summed E-state index contributed by atoms with van der Waals surface area (Å²) in [6, 6.07) is 15.9. The Morgan fingerprint density at radius 2 is 1.31 bits per heavy atom. The van der Waals surface area contributed by atoms with Crippen LogP contribution < -0.4 is 9.47 Å². The molecule has 0 fully saturated rings. The van der Waals surface area contributed by atoms with Crippen LogP contribution in [0.3, 0.4) is 0 Å². The van der Waals surface area contributed by atoms with E-state index < -0.39 is 5.41 Å². The van der Waals surface area contributed by atoms with Crippen molar-refractivity contribution in [3.8, 4) is 11.5 Å². The van der Waals surface area contributed by atoms with Crippen LogP contribution in [-0.2, 0) is 10.2 Å². The van der Waals surface area contributed by atoms with Gasteiger partial charge in [0.25, 0.3) is 0 Å². The monoisotopic (exact) mass is 354 g/mol. The van der Waals surface area contributed by atoms with E-state index in [1.807, 2.05) is 50.2 Å². The molecular formula is C23H30O3. The summed E-state index contributed by atoms with van der Waals surface area (Å²) in [5.41, 5.74) is 1.74. The zero-order valence-electron chi connectivity index (χ0n) is 16.8. The number of rotatable bonds is 7.